The van der Waals surface area contributed by atoms with Crippen molar-refractivity contribution in [2.75, 3.05) is 19.6 Å². The van der Waals surface area contributed by atoms with Crippen molar-refractivity contribution in [2.45, 2.75) is 51.1 Å². The van der Waals surface area contributed by atoms with Crippen LogP contribution in [-0.2, 0) is 9.59 Å². The molecule has 112 valence electrons. The molecule has 0 aromatic heterocycles. The summed E-state index contributed by atoms with van der Waals surface area (Å²) in [6.45, 7) is 3.81. The Labute approximate surface area is 119 Å². The van der Waals surface area contributed by atoms with E-state index in [1.54, 1.807) is 0 Å². The van der Waals surface area contributed by atoms with Gasteiger partial charge in [-0.15, -0.1) is 0 Å². The van der Waals surface area contributed by atoms with E-state index in [1.807, 2.05) is 16.7 Å². The van der Waals surface area contributed by atoms with Gasteiger partial charge in [0, 0.05) is 19.1 Å². The lowest BCUT2D eigenvalue weighted by atomic mass is 9.94. The predicted molar refractivity (Wildman–Crippen MR) is 74.2 cm³/mol. The third kappa shape index (κ3) is 2.43. The summed E-state index contributed by atoms with van der Waals surface area (Å²) < 4.78 is 0. The summed E-state index contributed by atoms with van der Waals surface area (Å²) in [5.74, 6) is 0.110. The Hall–Kier alpha value is -1.10. The van der Waals surface area contributed by atoms with Gasteiger partial charge in [-0.25, -0.2) is 0 Å². The first-order valence-corrected chi connectivity index (χ1v) is 7.88. The lowest BCUT2D eigenvalue weighted by molar-refractivity contribution is -0.144. The second-order valence-electron chi connectivity index (χ2n) is 6.48. The van der Waals surface area contributed by atoms with E-state index in [-0.39, 0.29) is 18.4 Å². The number of nitrogens with zero attached hydrogens (tertiary/aromatic N) is 2. The molecule has 0 radical (unpaired) electrons. The van der Waals surface area contributed by atoms with E-state index in [0.29, 0.717) is 12.0 Å². The van der Waals surface area contributed by atoms with E-state index in [0.717, 1.165) is 45.2 Å². The van der Waals surface area contributed by atoms with Crippen molar-refractivity contribution >= 4 is 11.9 Å². The zero-order valence-corrected chi connectivity index (χ0v) is 12.1. The first-order chi connectivity index (χ1) is 9.61. The fourth-order valence-corrected chi connectivity index (χ4v) is 4.18. The van der Waals surface area contributed by atoms with Gasteiger partial charge in [-0.2, -0.15) is 0 Å². The molecule has 5 heteroatoms. The SMILES string of the molecule is CCN(C(=O)CN1CC2CCCC2C1C(=O)O)C1CC1. The maximum absolute atomic E-state index is 12.4. The molecule has 1 heterocycles. The second kappa shape index (κ2) is 5.35. The number of carbonyl (C=O) groups is 2. The average molecular weight is 280 g/mol. The maximum atomic E-state index is 12.4. The maximum Gasteiger partial charge on any atom is 0.321 e. The fraction of sp³-hybridized carbons (Fsp3) is 0.867. The van der Waals surface area contributed by atoms with Gasteiger partial charge >= 0.3 is 5.97 Å². The molecule has 3 fully saturated rings. The van der Waals surface area contributed by atoms with E-state index in [2.05, 4.69) is 0 Å². The van der Waals surface area contributed by atoms with Crippen LogP contribution in [0.1, 0.15) is 39.0 Å². The minimum absolute atomic E-state index is 0.112. The van der Waals surface area contributed by atoms with Crippen molar-refractivity contribution in [1.82, 2.24) is 9.80 Å². The number of rotatable bonds is 5. The van der Waals surface area contributed by atoms with Crippen LogP contribution in [0.15, 0.2) is 0 Å². The van der Waals surface area contributed by atoms with Gasteiger partial charge in [0.05, 0.1) is 6.54 Å². The molecule has 20 heavy (non-hydrogen) atoms. The van der Waals surface area contributed by atoms with Gasteiger partial charge in [-0.3, -0.25) is 14.5 Å². The summed E-state index contributed by atoms with van der Waals surface area (Å²) in [5, 5.41) is 9.49. The quantitative estimate of drug-likeness (QED) is 0.821. The zero-order chi connectivity index (χ0) is 14.3. The van der Waals surface area contributed by atoms with Crippen molar-refractivity contribution in [3.05, 3.63) is 0 Å². The number of carboxylic acids is 1. The molecule has 0 spiro atoms. The van der Waals surface area contributed by atoms with Gasteiger partial charge in [0.1, 0.15) is 6.04 Å². The summed E-state index contributed by atoms with van der Waals surface area (Å²) in [6, 6.07) is -0.0257. The molecule has 1 aliphatic heterocycles. The number of amides is 1. The third-order valence-electron chi connectivity index (χ3n) is 5.23. The molecule has 3 atom stereocenters. The first kappa shape index (κ1) is 13.9. The predicted octanol–water partition coefficient (Wildman–Crippen LogP) is 1.18. The van der Waals surface area contributed by atoms with Gasteiger partial charge < -0.3 is 10.0 Å². The highest BCUT2D eigenvalue weighted by Crippen LogP contribution is 2.42. The third-order valence-corrected chi connectivity index (χ3v) is 5.23. The van der Waals surface area contributed by atoms with Crippen LogP contribution in [0.25, 0.3) is 0 Å². The van der Waals surface area contributed by atoms with Crippen molar-refractivity contribution in [3.8, 4) is 0 Å². The number of likely N-dealkylation sites (tertiary alicyclic amines) is 1. The zero-order valence-electron chi connectivity index (χ0n) is 12.1. The summed E-state index contributed by atoms with van der Waals surface area (Å²) >= 11 is 0. The second-order valence-corrected chi connectivity index (χ2v) is 6.48. The number of fused-ring (bicyclic) bond motifs is 1. The topological polar surface area (TPSA) is 60.9 Å². The summed E-state index contributed by atoms with van der Waals surface area (Å²) in [5.41, 5.74) is 0. The van der Waals surface area contributed by atoms with Crippen molar-refractivity contribution < 1.29 is 14.7 Å². The Morgan fingerprint density at radius 2 is 2.00 bits per heavy atom. The molecule has 2 aliphatic carbocycles. The van der Waals surface area contributed by atoms with E-state index in [9.17, 15) is 14.7 Å². The standard InChI is InChI=1S/C15H24N2O3/c1-2-17(11-6-7-11)13(18)9-16-8-10-4-3-5-12(10)14(16)15(19)20/h10-12,14H,2-9H2,1H3,(H,19,20). The van der Waals surface area contributed by atoms with Crippen LogP contribution in [0.5, 0.6) is 0 Å². The molecular weight excluding hydrogens is 256 g/mol. The van der Waals surface area contributed by atoms with Crippen LogP contribution in [-0.4, -0.2) is 58.5 Å². The highest BCUT2D eigenvalue weighted by molar-refractivity contribution is 5.81. The molecule has 0 aromatic carbocycles. The molecule has 3 aliphatic rings. The molecule has 3 rings (SSSR count). The number of likely N-dealkylation sites (N-methyl/N-ethyl adjacent to an activating group) is 1. The van der Waals surface area contributed by atoms with Crippen LogP contribution in [0, 0.1) is 11.8 Å². The monoisotopic (exact) mass is 280 g/mol. The number of carbonyl (C=O) groups excluding carboxylic acids is 1. The Morgan fingerprint density at radius 1 is 1.25 bits per heavy atom. The van der Waals surface area contributed by atoms with Gasteiger partial charge in [0.25, 0.3) is 0 Å². The molecule has 2 saturated carbocycles. The number of hydrogen-bond donors (Lipinski definition) is 1. The van der Waals surface area contributed by atoms with Crippen LogP contribution >= 0.6 is 0 Å². The van der Waals surface area contributed by atoms with Gasteiger partial charge in [0.15, 0.2) is 0 Å². The normalized spacial score (nSPS) is 33.1. The molecular formula is C15H24N2O3. The Bertz CT molecular complexity index is 408. The van der Waals surface area contributed by atoms with Gasteiger partial charge in [-0.1, -0.05) is 6.42 Å². The fourth-order valence-electron chi connectivity index (χ4n) is 4.18. The number of aliphatic carboxylic acids is 1. The lowest BCUT2D eigenvalue weighted by Crippen LogP contribution is -2.46. The highest BCUT2D eigenvalue weighted by Gasteiger charge is 2.48. The Morgan fingerprint density at radius 3 is 2.60 bits per heavy atom. The minimum Gasteiger partial charge on any atom is -0.480 e. The van der Waals surface area contributed by atoms with Crippen LogP contribution in [0.2, 0.25) is 0 Å². The van der Waals surface area contributed by atoms with Crippen LogP contribution < -0.4 is 0 Å². The summed E-state index contributed by atoms with van der Waals surface area (Å²) in [6.07, 6.45) is 5.48. The Kier molecular flexibility index (Phi) is 3.71. The molecule has 0 bridgehead atoms. The van der Waals surface area contributed by atoms with Crippen LogP contribution in [0.4, 0.5) is 0 Å². The molecule has 0 aromatic rings. The lowest BCUT2D eigenvalue weighted by Gasteiger charge is -2.27. The molecule has 3 unspecified atom stereocenters. The minimum atomic E-state index is -0.748. The largest absolute Gasteiger partial charge is 0.480 e. The van der Waals surface area contributed by atoms with Gasteiger partial charge in [0.2, 0.25) is 5.91 Å². The smallest absolute Gasteiger partial charge is 0.321 e. The number of carboxylic acid groups (broad SMARTS) is 1. The molecule has 1 N–H and O–H groups in total. The molecule has 1 saturated heterocycles. The van der Waals surface area contributed by atoms with E-state index >= 15 is 0 Å². The van der Waals surface area contributed by atoms with Crippen molar-refractivity contribution in [2.24, 2.45) is 11.8 Å². The average Bonchev–Trinajstić information content (AvgIpc) is 3.00. The molecule has 1 amide bonds. The summed E-state index contributed by atoms with van der Waals surface area (Å²) in [4.78, 5) is 27.8. The van der Waals surface area contributed by atoms with Crippen molar-refractivity contribution in [1.29, 1.82) is 0 Å². The highest BCUT2D eigenvalue weighted by atomic mass is 16.4. The van der Waals surface area contributed by atoms with Gasteiger partial charge in [-0.05, 0) is 44.4 Å². The van der Waals surface area contributed by atoms with E-state index in [4.69, 9.17) is 0 Å². The summed E-state index contributed by atoms with van der Waals surface area (Å²) in [7, 11) is 0. The Balaban J connectivity index is 1.66. The van der Waals surface area contributed by atoms with Crippen LogP contribution in [0.3, 0.4) is 0 Å². The van der Waals surface area contributed by atoms with Crippen molar-refractivity contribution in [3.63, 3.8) is 0 Å². The first-order valence-electron chi connectivity index (χ1n) is 7.88. The molecule has 5 nitrogen and oxygen atoms in total. The van der Waals surface area contributed by atoms with E-state index in [1.165, 1.54) is 0 Å². The van der Waals surface area contributed by atoms with E-state index < -0.39 is 12.0 Å². The number of hydrogen-bond acceptors (Lipinski definition) is 3.